The third-order valence-electron chi connectivity index (χ3n) is 5.62. The molecule has 154 valence electrons. The number of esters is 2. The van der Waals surface area contributed by atoms with Gasteiger partial charge in [-0.1, -0.05) is 30.3 Å². The van der Waals surface area contributed by atoms with Crippen molar-refractivity contribution in [2.75, 3.05) is 7.11 Å². The summed E-state index contributed by atoms with van der Waals surface area (Å²) in [5, 5.41) is 4.58. The quantitative estimate of drug-likeness (QED) is 0.329. The highest BCUT2D eigenvalue weighted by molar-refractivity contribution is 7.08. The number of carbonyl (C=O) groups excluding carboxylic acids is 2. The van der Waals surface area contributed by atoms with Crippen LogP contribution in [0.25, 0.3) is 22.0 Å². The van der Waals surface area contributed by atoms with E-state index in [0.717, 1.165) is 22.2 Å². The van der Waals surface area contributed by atoms with Gasteiger partial charge in [-0.05, 0) is 47.5 Å². The second-order valence-corrected chi connectivity index (χ2v) is 8.13. The maximum absolute atomic E-state index is 12.9. The van der Waals surface area contributed by atoms with Crippen molar-refractivity contribution in [3.05, 3.63) is 87.7 Å². The summed E-state index contributed by atoms with van der Waals surface area (Å²) in [6.45, 7) is 2.61. The zero-order chi connectivity index (χ0) is 21.5. The first-order chi connectivity index (χ1) is 15.1. The molecule has 1 aliphatic heterocycles. The number of ether oxygens (including phenoxy) is 2. The normalized spacial score (nSPS) is 13.9. The molecule has 31 heavy (non-hydrogen) atoms. The van der Waals surface area contributed by atoms with E-state index in [-0.39, 0.29) is 0 Å². The predicted octanol–water partition coefficient (Wildman–Crippen LogP) is 5.06. The highest BCUT2D eigenvalue weighted by Gasteiger charge is 2.37. The molecule has 0 radical (unpaired) electrons. The first-order valence-corrected chi connectivity index (χ1v) is 10.8. The van der Waals surface area contributed by atoms with Crippen LogP contribution in [0, 0.1) is 6.92 Å². The zero-order valence-corrected chi connectivity index (χ0v) is 17.9. The largest absolute Gasteiger partial charge is 0.497 e. The number of hydrogen-bond donors (Lipinski definition) is 0. The van der Waals surface area contributed by atoms with E-state index in [1.807, 2.05) is 60.1 Å². The molecule has 2 aromatic carbocycles. The van der Waals surface area contributed by atoms with Crippen LogP contribution >= 0.6 is 11.3 Å². The van der Waals surface area contributed by atoms with Gasteiger partial charge in [0.05, 0.1) is 18.3 Å². The van der Waals surface area contributed by atoms with Gasteiger partial charge in [-0.3, -0.25) is 0 Å². The van der Waals surface area contributed by atoms with Crippen molar-refractivity contribution in [2.24, 2.45) is 0 Å². The van der Waals surface area contributed by atoms with Crippen molar-refractivity contribution in [3.63, 3.8) is 0 Å². The Morgan fingerprint density at radius 3 is 2.48 bits per heavy atom. The van der Waals surface area contributed by atoms with Crippen LogP contribution in [0.4, 0.5) is 0 Å². The maximum atomic E-state index is 12.9. The number of hydrogen-bond acceptors (Lipinski definition) is 5. The molecule has 0 fully saturated rings. The van der Waals surface area contributed by atoms with Crippen LogP contribution < -0.4 is 4.74 Å². The van der Waals surface area contributed by atoms with Gasteiger partial charge in [-0.15, -0.1) is 0 Å². The van der Waals surface area contributed by atoms with Crippen LogP contribution in [-0.4, -0.2) is 23.6 Å². The highest BCUT2D eigenvalue weighted by Crippen LogP contribution is 2.41. The molecule has 0 N–H and O–H groups in total. The van der Waals surface area contributed by atoms with E-state index in [1.54, 1.807) is 7.11 Å². The zero-order valence-electron chi connectivity index (χ0n) is 17.0. The molecule has 0 atom stereocenters. The van der Waals surface area contributed by atoms with Gasteiger partial charge in [0.1, 0.15) is 5.75 Å². The number of carbonyl (C=O) groups is 2. The lowest BCUT2D eigenvalue weighted by molar-refractivity contribution is -0.149. The summed E-state index contributed by atoms with van der Waals surface area (Å²) >= 11 is 1.47. The van der Waals surface area contributed by atoms with E-state index in [4.69, 9.17) is 9.47 Å². The smallest absolute Gasteiger partial charge is 0.347 e. The van der Waals surface area contributed by atoms with Crippen LogP contribution in [0.2, 0.25) is 0 Å². The molecule has 0 spiro atoms. The summed E-state index contributed by atoms with van der Waals surface area (Å²) in [6.07, 6.45) is 0. The van der Waals surface area contributed by atoms with Gasteiger partial charge in [-0.25, -0.2) is 9.59 Å². The minimum absolute atomic E-state index is 0.311. The fourth-order valence-electron chi connectivity index (χ4n) is 4.16. The third kappa shape index (κ3) is 3.16. The summed E-state index contributed by atoms with van der Waals surface area (Å²) < 4.78 is 12.7. The number of cyclic esters (lactones) is 2. The van der Waals surface area contributed by atoms with Crippen molar-refractivity contribution in [1.29, 1.82) is 0 Å². The van der Waals surface area contributed by atoms with E-state index >= 15 is 0 Å². The van der Waals surface area contributed by atoms with Gasteiger partial charge in [0.2, 0.25) is 0 Å². The Bertz CT molecular complexity index is 1350. The molecule has 0 unspecified atom stereocenters. The SMILES string of the molecule is COc1ccc2c(c1)c(C1=C(c3ccsc3)C(=O)OC1=O)c(C)n2Cc1ccccc1. The van der Waals surface area contributed by atoms with Crippen LogP contribution in [0.3, 0.4) is 0 Å². The fraction of sp³-hybridized carbons (Fsp3) is 0.120. The second-order valence-electron chi connectivity index (χ2n) is 7.35. The number of thiophene rings is 1. The number of nitrogens with zero attached hydrogens (tertiary/aromatic N) is 1. The fourth-order valence-corrected chi connectivity index (χ4v) is 4.81. The summed E-state index contributed by atoms with van der Waals surface area (Å²) in [7, 11) is 1.61. The molecule has 0 saturated carbocycles. The summed E-state index contributed by atoms with van der Waals surface area (Å²) in [6, 6.07) is 17.8. The molecular weight excluding hydrogens is 410 g/mol. The number of methoxy groups -OCH3 is 1. The monoisotopic (exact) mass is 429 g/mol. The van der Waals surface area contributed by atoms with E-state index in [2.05, 4.69) is 16.7 Å². The van der Waals surface area contributed by atoms with Crippen LogP contribution in [-0.2, 0) is 20.9 Å². The van der Waals surface area contributed by atoms with Crippen LogP contribution in [0.5, 0.6) is 5.75 Å². The van der Waals surface area contributed by atoms with Crippen molar-refractivity contribution in [1.82, 2.24) is 4.57 Å². The van der Waals surface area contributed by atoms with Crippen molar-refractivity contribution in [3.8, 4) is 5.75 Å². The minimum Gasteiger partial charge on any atom is -0.497 e. The van der Waals surface area contributed by atoms with Gasteiger partial charge in [0.15, 0.2) is 0 Å². The lowest BCUT2D eigenvalue weighted by Crippen LogP contribution is -2.04. The molecule has 0 aliphatic carbocycles. The van der Waals surface area contributed by atoms with E-state index in [1.165, 1.54) is 11.3 Å². The Balaban J connectivity index is 1.81. The molecule has 1 aliphatic rings. The minimum atomic E-state index is -0.615. The molecule has 0 saturated heterocycles. The van der Waals surface area contributed by atoms with Crippen molar-refractivity contribution < 1.29 is 19.1 Å². The van der Waals surface area contributed by atoms with Gasteiger partial charge < -0.3 is 14.0 Å². The molecular formula is C25H19NO4S. The van der Waals surface area contributed by atoms with Gasteiger partial charge in [-0.2, -0.15) is 11.3 Å². The number of rotatable bonds is 5. The molecule has 5 rings (SSSR count). The van der Waals surface area contributed by atoms with E-state index in [0.29, 0.717) is 34.6 Å². The van der Waals surface area contributed by atoms with Gasteiger partial charge in [0.25, 0.3) is 0 Å². The first kappa shape index (κ1) is 19.3. The lowest BCUT2D eigenvalue weighted by Gasteiger charge is -2.09. The van der Waals surface area contributed by atoms with Crippen LogP contribution in [0.1, 0.15) is 22.4 Å². The van der Waals surface area contributed by atoms with E-state index in [9.17, 15) is 9.59 Å². The Kier molecular flexibility index (Phi) is 4.71. The average molecular weight is 429 g/mol. The van der Waals surface area contributed by atoms with Crippen LogP contribution in [0.15, 0.2) is 65.4 Å². The average Bonchev–Trinajstić information content (AvgIpc) is 3.46. The van der Waals surface area contributed by atoms with E-state index < -0.39 is 11.9 Å². The summed E-state index contributed by atoms with van der Waals surface area (Å²) in [4.78, 5) is 25.5. The summed E-state index contributed by atoms with van der Waals surface area (Å²) in [5.41, 5.74) is 5.02. The molecule has 6 heteroatoms. The highest BCUT2D eigenvalue weighted by atomic mass is 32.1. The number of benzene rings is 2. The molecule has 3 heterocycles. The number of aromatic nitrogens is 1. The Labute approximate surface area is 183 Å². The maximum Gasteiger partial charge on any atom is 0.347 e. The molecule has 0 amide bonds. The van der Waals surface area contributed by atoms with Gasteiger partial charge in [0, 0.05) is 34.3 Å². The van der Waals surface area contributed by atoms with Crippen molar-refractivity contribution in [2.45, 2.75) is 13.5 Å². The Morgan fingerprint density at radius 1 is 1.00 bits per heavy atom. The topological polar surface area (TPSA) is 57.5 Å². The molecule has 4 aromatic rings. The second kappa shape index (κ2) is 7.56. The molecule has 5 nitrogen and oxygen atoms in total. The molecule has 0 bridgehead atoms. The lowest BCUT2D eigenvalue weighted by atomic mass is 9.95. The predicted molar refractivity (Wildman–Crippen MR) is 121 cm³/mol. The number of fused-ring (bicyclic) bond motifs is 1. The van der Waals surface area contributed by atoms with Crippen molar-refractivity contribution >= 4 is 45.3 Å². The summed E-state index contributed by atoms with van der Waals surface area (Å²) in [5.74, 6) is -0.540. The molecule has 2 aromatic heterocycles. The first-order valence-electron chi connectivity index (χ1n) is 9.83. The Morgan fingerprint density at radius 2 is 1.77 bits per heavy atom. The Hall–Kier alpha value is -3.64. The standard InChI is InChI=1S/C25H19NO4S/c1-15-21(23-22(17-10-11-31-14-17)24(27)30-25(23)28)19-12-18(29-2)8-9-20(19)26(15)13-16-6-4-3-5-7-16/h3-12,14H,13H2,1-2H3. The third-order valence-corrected chi connectivity index (χ3v) is 6.30. The van der Waals surface area contributed by atoms with Gasteiger partial charge >= 0.3 is 11.9 Å².